The minimum Gasteiger partial charge on any atom is -0.497 e. The summed E-state index contributed by atoms with van der Waals surface area (Å²) in [6.07, 6.45) is 0. The van der Waals surface area contributed by atoms with Crippen LogP contribution in [0.2, 0.25) is 0 Å². The van der Waals surface area contributed by atoms with E-state index in [-0.39, 0.29) is 19.3 Å². The topological polar surface area (TPSA) is 78.9 Å². The van der Waals surface area contributed by atoms with Crippen molar-refractivity contribution in [3.8, 4) is 23.0 Å². The van der Waals surface area contributed by atoms with Crippen LogP contribution >= 0.6 is 11.3 Å². The minimum absolute atomic E-state index is 0.126. The summed E-state index contributed by atoms with van der Waals surface area (Å²) in [7, 11) is 1.61. The molecule has 0 saturated carbocycles. The van der Waals surface area contributed by atoms with Crippen molar-refractivity contribution in [2.45, 2.75) is 0 Å². The predicted molar refractivity (Wildman–Crippen MR) is 92.9 cm³/mol. The number of carbonyl (C=O) groups is 1. The Balaban J connectivity index is 1.38. The maximum atomic E-state index is 12.1. The molecule has 8 heteroatoms. The SMILES string of the molecule is COc1ccc2nc(NC(=O)COc3ccc4c(c3)OCO4)sc2c1. The Morgan fingerprint density at radius 3 is 2.92 bits per heavy atom. The van der Waals surface area contributed by atoms with Crippen LogP contribution in [0.1, 0.15) is 0 Å². The molecule has 2 heterocycles. The van der Waals surface area contributed by atoms with Crippen molar-refractivity contribution < 1.29 is 23.7 Å². The molecule has 1 aliphatic rings. The van der Waals surface area contributed by atoms with Gasteiger partial charge in [-0.2, -0.15) is 0 Å². The van der Waals surface area contributed by atoms with Crippen LogP contribution in [0, 0.1) is 0 Å². The summed E-state index contributed by atoms with van der Waals surface area (Å²) in [5, 5.41) is 3.25. The first-order valence-electron chi connectivity index (χ1n) is 7.48. The van der Waals surface area contributed by atoms with Crippen LogP contribution in [0.15, 0.2) is 36.4 Å². The van der Waals surface area contributed by atoms with Crippen molar-refractivity contribution in [1.29, 1.82) is 0 Å². The van der Waals surface area contributed by atoms with Crippen molar-refractivity contribution in [3.05, 3.63) is 36.4 Å². The number of nitrogens with zero attached hydrogens (tertiary/aromatic N) is 1. The molecule has 0 radical (unpaired) electrons. The van der Waals surface area contributed by atoms with E-state index in [1.165, 1.54) is 11.3 Å². The Morgan fingerprint density at radius 2 is 2.04 bits per heavy atom. The van der Waals surface area contributed by atoms with E-state index in [4.69, 9.17) is 18.9 Å². The summed E-state index contributed by atoms with van der Waals surface area (Å²) < 4.78 is 22.1. The second kappa shape index (κ2) is 6.48. The van der Waals surface area contributed by atoms with Gasteiger partial charge in [-0.3, -0.25) is 10.1 Å². The third-order valence-electron chi connectivity index (χ3n) is 3.56. The van der Waals surface area contributed by atoms with Gasteiger partial charge in [-0.1, -0.05) is 11.3 Å². The molecule has 128 valence electrons. The smallest absolute Gasteiger partial charge is 0.264 e. The lowest BCUT2D eigenvalue weighted by Gasteiger charge is -2.06. The Hall–Kier alpha value is -3.00. The molecule has 0 bridgehead atoms. The van der Waals surface area contributed by atoms with E-state index in [0.717, 1.165) is 16.0 Å². The number of benzene rings is 2. The van der Waals surface area contributed by atoms with E-state index in [1.54, 1.807) is 25.3 Å². The second-order valence-electron chi connectivity index (χ2n) is 5.20. The molecule has 1 aliphatic heterocycles. The lowest BCUT2D eigenvalue weighted by molar-refractivity contribution is -0.118. The van der Waals surface area contributed by atoms with Gasteiger partial charge in [0.15, 0.2) is 23.2 Å². The van der Waals surface area contributed by atoms with Gasteiger partial charge in [-0.15, -0.1) is 0 Å². The summed E-state index contributed by atoms with van der Waals surface area (Å²) in [6.45, 7) is 0.0700. The maximum Gasteiger partial charge on any atom is 0.264 e. The average molecular weight is 358 g/mol. The van der Waals surface area contributed by atoms with Crippen LogP contribution in [-0.4, -0.2) is 31.4 Å². The Labute approximate surface area is 147 Å². The van der Waals surface area contributed by atoms with Gasteiger partial charge >= 0.3 is 0 Å². The zero-order chi connectivity index (χ0) is 17.2. The van der Waals surface area contributed by atoms with Crippen LogP contribution < -0.4 is 24.3 Å². The molecule has 1 N–H and O–H groups in total. The monoisotopic (exact) mass is 358 g/mol. The number of ether oxygens (including phenoxy) is 4. The van der Waals surface area contributed by atoms with Crippen molar-refractivity contribution in [1.82, 2.24) is 4.98 Å². The van der Waals surface area contributed by atoms with E-state index in [1.807, 2.05) is 18.2 Å². The van der Waals surface area contributed by atoms with Crippen LogP contribution in [0.25, 0.3) is 10.2 Å². The molecule has 0 fully saturated rings. The van der Waals surface area contributed by atoms with Crippen molar-refractivity contribution in [2.75, 3.05) is 25.8 Å². The third-order valence-corrected chi connectivity index (χ3v) is 4.49. The maximum absolute atomic E-state index is 12.1. The van der Waals surface area contributed by atoms with Crippen LogP contribution in [-0.2, 0) is 4.79 Å². The highest BCUT2D eigenvalue weighted by Gasteiger charge is 2.14. The molecule has 0 spiro atoms. The molecule has 0 atom stereocenters. The Morgan fingerprint density at radius 1 is 1.20 bits per heavy atom. The van der Waals surface area contributed by atoms with E-state index < -0.39 is 0 Å². The molecular formula is C17H14N2O5S. The Kier molecular flexibility index (Phi) is 4.02. The molecule has 25 heavy (non-hydrogen) atoms. The second-order valence-corrected chi connectivity index (χ2v) is 6.24. The predicted octanol–water partition coefficient (Wildman–Crippen LogP) is 3.05. The number of fused-ring (bicyclic) bond motifs is 2. The number of anilines is 1. The van der Waals surface area contributed by atoms with Crippen molar-refractivity contribution in [3.63, 3.8) is 0 Å². The highest BCUT2D eigenvalue weighted by molar-refractivity contribution is 7.22. The fraction of sp³-hybridized carbons (Fsp3) is 0.176. The number of hydrogen-bond donors (Lipinski definition) is 1. The molecule has 4 rings (SSSR count). The van der Waals surface area contributed by atoms with E-state index in [2.05, 4.69) is 10.3 Å². The van der Waals surface area contributed by atoms with E-state index >= 15 is 0 Å². The van der Waals surface area contributed by atoms with Gasteiger partial charge in [0.25, 0.3) is 5.91 Å². The number of aromatic nitrogens is 1. The van der Waals surface area contributed by atoms with Gasteiger partial charge in [0.05, 0.1) is 17.3 Å². The van der Waals surface area contributed by atoms with Crippen LogP contribution in [0.4, 0.5) is 5.13 Å². The first kappa shape index (κ1) is 15.5. The first-order chi connectivity index (χ1) is 12.2. The number of nitrogens with one attached hydrogen (secondary N) is 1. The number of carbonyl (C=O) groups excluding carboxylic acids is 1. The molecule has 1 aromatic heterocycles. The fourth-order valence-electron chi connectivity index (χ4n) is 2.36. The summed E-state index contributed by atoms with van der Waals surface area (Å²) in [5.74, 6) is 2.28. The van der Waals surface area contributed by atoms with Gasteiger partial charge in [-0.25, -0.2) is 4.98 Å². The number of thiazole rings is 1. The molecule has 7 nitrogen and oxygen atoms in total. The first-order valence-corrected chi connectivity index (χ1v) is 8.30. The third kappa shape index (κ3) is 3.29. The molecule has 1 amide bonds. The molecule has 0 saturated heterocycles. The summed E-state index contributed by atoms with van der Waals surface area (Å²) in [5.41, 5.74) is 0.804. The number of rotatable bonds is 5. The minimum atomic E-state index is -0.288. The number of hydrogen-bond acceptors (Lipinski definition) is 7. The van der Waals surface area contributed by atoms with Gasteiger partial charge in [0.2, 0.25) is 6.79 Å². The summed E-state index contributed by atoms with van der Waals surface area (Å²) in [6, 6.07) is 10.7. The molecular weight excluding hydrogens is 344 g/mol. The van der Waals surface area contributed by atoms with Gasteiger partial charge < -0.3 is 18.9 Å². The lowest BCUT2D eigenvalue weighted by atomic mass is 10.3. The zero-order valence-corrected chi connectivity index (χ0v) is 14.1. The van der Waals surface area contributed by atoms with Gasteiger partial charge in [0.1, 0.15) is 11.5 Å². The van der Waals surface area contributed by atoms with Crippen LogP contribution in [0.3, 0.4) is 0 Å². The number of methoxy groups -OCH3 is 1. The average Bonchev–Trinajstić information content (AvgIpc) is 3.24. The van der Waals surface area contributed by atoms with Crippen molar-refractivity contribution in [2.24, 2.45) is 0 Å². The molecule has 2 aromatic carbocycles. The quantitative estimate of drug-likeness (QED) is 0.755. The molecule has 3 aromatic rings. The summed E-state index contributed by atoms with van der Waals surface area (Å²) in [4.78, 5) is 16.4. The van der Waals surface area contributed by atoms with Crippen LogP contribution in [0.5, 0.6) is 23.0 Å². The van der Waals surface area contributed by atoms with E-state index in [9.17, 15) is 4.79 Å². The molecule has 0 unspecified atom stereocenters. The normalized spacial score (nSPS) is 12.2. The highest BCUT2D eigenvalue weighted by atomic mass is 32.1. The fourth-order valence-corrected chi connectivity index (χ4v) is 3.27. The highest BCUT2D eigenvalue weighted by Crippen LogP contribution is 2.35. The largest absolute Gasteiger partial charge is 0.497 e. The van der Waals surface area contributed by atoms with Crippen molar-refractivity contribution >= 4 is 32.6 Å². The number of amides is 1. The Bertz CT molecular complexity index is 940. The molecule has 0 aliphatic carbocycles. The standard InChI is InChI=1S/C17H14N2O5S/c1-21-10-2-4-12-15(7-10)25-17(18-12)19-16(20)8-22-11-3-5-13-14(6-11)24-9-23-13/h2-7H,8-9H2,1H3,(H,18,19,20). The van der Waals surface area contributed by atoms with Gasteiger partial charge in [-0.05, 0) is 30.3 Å². The zero-order valence-electron chi connectivity index (χ0n) is 13.3. The van der Waals surface area contributed by atoms with E-state index in [0.29, 0.717) is 22.4 Å². The van der Waals surface area contributed by atoms with Gasteiger partial charge in [0, 0.05) is 6.07 Å². The lowest BCUT2D eigenvalue weighted by Crippen LogP contribution is -2.19. The summed E-state index contributed by atoms with van der Waals surface area (Å²) >= 11 is 1.38.